The number of esters is 1. The van der Waals surface area contributed by atoms with Crippen molar-refractivity contribution in [1.82, 2.24) is 14.8 Å². The molecule has 1 fully saturated rings. The van der Waals surface area contributed by atoms with Crippen molar-refractivity contribution in [3.8, 4) is 5.88 Å². The maximum absolute atomic E-state index is 13.9. The smallest absolute Gasteiger partial charge is 0.305 e. The molecule has 0 aliphatic carbocycles. The minimum absolute atomic E-state index is 0.0114. The van der Waals surface area contributed by atoms with Gasteiger partial charge in [0.1, 0.15) is 5.82 Å². The van der Waals surface area contributed by atoms with E-state index < -0.39 is 5.82 Å². The van der Waals surface area contributed by atoms with Crippen LogP contribution in [-0.2, 0) is 16.0 Å². The Morgan fingerprint density at radius 1 is 0.975 bits per heavy atom. The molecule has 1 aromatic heterocycles. The summed E-state index contributed by atoms with van der Waals surface area (Å²) in [5, 5.41) is 11.5. The molecule has 3 aromatic carbocycles. The number of nitrogens with one attached hydrogen (secondary N) is 1. The summed E-state index contributed by atoms with van der Waals surface area (Å²) in [6.07, 6.45) is 0.796. The molecule has 0 atom stereocenters. The van der Waals surface area contributed by atoms with Gasteiger partial charge in [-0.25, -0.2) is 9.38 Å². The summed E-state index contributed by atoms with van der Waals surface area (Å²) in [5.41, 5.74) is 4.22. The highest BCUT2D eigenvalue weighted by molar-refractivity contribution is 6.21. The number of hydrogen-bond donors (Lipinski definition) is 2. The maximum Gasteiger partial charge on any atom is 0.305 e. The number of fused-ring (bicyclic) bond motifs is 1. The second kappa shape index (κ2) is 11.7. The third kappa shape index (κ3) is 5.89. The molecule has 8 nitrogen and oxygen atoms in total. The Hall–Kier alpha value is -4.50. The van der Waals surface area contributed by atoms with E-state index in [9.17, 15) is 19.1 Å². The Morgan fingerprint density at radius 3 is 2.33 bits per heavy atom. The van der Waals surface area contributed by atoms with Crippen molar-refractivity contribution in [3.63, 3.8) is 0 Å². The van der Waals surface area contributed by atoms with E-state index in [1.807, 2.05) is 36.2 Å². The number of aryl methyl sites for hydroxylation is 1. The van der Waals surface area contributed by atoms with Gasteiger partial charge in [-0.1, -0.05) is 24.3 Å². The van der Waals surface area contributed by atoms with Crippen LogP contribution in [0.3, 0.4) is 0 Å². The third-order valence-electron chi connectivity index (χ3n) is 7.20. The van der Waals surface area contributed by atoms with Crippen LogP contribution in [0, 0.1) is 5.82 Å². The molecule has 2 heterocycles. The summed E-state index contributed by atoms with van der Waals surface area (Å²) in [7, 11) is 3.41. The molecular weight excluding hydrogens is 511 g/mol. The third-order valence-corrected chi connectivity index (χ3v) is 7.20. The number of aromatic hydroxyl groups is 1. The molecular formula is C31H31FN4O4. The molecule has 1 aliphatic rings. The first-order valence-corrected chi connectivity index (χ1v) is 13.2. The molecule has 1 aliphatic heterocycles. The van der Waals surface area contributed by atoms with Crippen LogP contribution in [0.15, 0.2) is 71.7 Å². The number of hydrogen-bond acceptors (Lipinski definition) is 6. The number of nitrogens with zero attached hydrogens (tertiary/aromatic N) is 3. The van der Waals surface area contributed by atoms with E-state index in [1.165, 1.54) is 19.2 Å². The van der Waals surface area contributed by atoms with Crippen LogP contribution in [0.2, 0.25) is 0 Å². The maximum atomic E-state index is 13.9. The van der Waals surface area contributed by atoms with Crippen LogP contribution in [0.1, 0.15) is 33.5 Å². The molecule has 0 unspecified atom stereocenters. The first kappa shape index (κ1) is 27.1. The highest BCUT2D eigenvalue weighted by Gasteiger charge is 2.21. The minimum Gasteiger partial charge on any atom is -0.494 e. The molecule has 2 N–H and O–H groups in total. The van der Waals surface area contributed by atoms with E-state index in [-0.39, 0.29) is 24.2 Å². The lowest BCUT2D eigenvalue weighted by atomic mass is 9.98. The number of rotatable bonds is 7. The number of carbonyl (C=O) groups is 2. The fourth-order valence-corrected chi connectivity index (χ4v) is 4.84. The summed E-state index contributed by atoms with van der Waals surface area (Å²) in [6, 6.07) is 18.9. The lowest BCUT2D eigenvalue weighted by Crippen LogP contribution is -2.47. The van der Waals surface area contributed by atoms with Gasteiger partial charge in [-0.3, -0.25) is 9.59 Å². The van der Waals surface area contributed by atoms with Gasteiger partial charge in [-0.05, 0) is 61.5 Å². The number of aromatic nitrogens is 1. The van der Waals surface area contributed by atoms with Gasteiger partial charge in [-0.2, -0.15) is 0 Å². The lowest BCUT2D eigenvalue weighted by molar-refractivity contribution is -0.140. The average molecular weight is 543 g/mol. The van der Waals surface area contributed by atoms with Gasteiger partial charge in [0.15, 0.2) is 5.88 Å². The van der Waals surface area contributed by atoms with Crippen molar-refractivity contribution in [2.75, 3.05) is 40.3 Å². The van der Waals surface area contributed by atoms with E-state index >= 15 is 0 Å². The normalized spacial score (nSPS) is 14.5. The lowest BCUT2D eigenvalue weighted by Gasteiger charge is -2.32. The van der Waals surface area contributed by atoms with Gasteiger partial charge in [-0.15, -0.1) is 0 Å². The molecule has 0 saturated carbocycles. The molecule has 40 heavy (non-hydrogen) atoms. The van der Waals surface area contributed by atoms with E-state index in [4.69, 9.17) is 9.73 Å². The highest BCUT2D eigenvalue weighted by Crippen LogP contribution is 2.32. The molecule has 0 radical (unpaired) electrons. The summed E-state index contributed by atoms with van der Waals surface area (Å²) in [5.74, 6) is -0.843. The van der Waals surface area contributed by atoms with Crippen molar-refractivity contribution in [1.29, 1.82) is 0 Å². The monoisotopic (exact) mass is 542 g/mol. The number of methoxy groups -OCH3 is 1. The van der Waals surface area contributed by atoms with Crippen LogP contribution < -0.4 is 0 Å². The van der Waals surface area contributed by atoms with Crippen LogP contribution in [0.25, 0.3) is 10.9 Å². The summed E-state index contributed by atoms with van der Waals surface area (Å²) in [4.78, 5) is 36.3. The van der Waals surface area contributed by atoms with Crippen LogP contribution >= 0.6 is 0 Å². The van der Waals surface area contributed by atoms with Gasteiger partial charge >= 0.3 is 5.97 Å². The van der Waals surface area contributed by atoms with E-state index in [1.54, 1.807) is 30.3 Å². The van der Waals surface area contributed by atoms with Crippen molar-refractivity contribution in [3.05, 3.63) is 94.8 Å². The number of halogens is 1. The zero-order valence-corrected chi connectivity index (χ0v) is 22.5. The zero-order chi connectivity index (χ0) is 28.2. The molecule has 206 valence electrons. The first-order valence-electron chi connectivity index (χ1n) is 13.2. The van der Waals surface area contributed by atoms with Gasteiger partial charge in [0, 0.05) is 49.1 Å². The van der Waals surface area contributed by atoms with E-state index in [2.05, 4.69) is 9.88 Å². The molecule has 4 aromatic rings. The predicted octanol–water partition coefficient (Wildman–Crippen LogP) is 4.67. The summed E-state index contributed by atoms with van der Waals surface area (Å²) < 4.78 is 18.6. The largest absolute Gasteiger partial charge is 0.494 e. The number of carbonyl (C=O) groups excluding carboxylic acids is 2. The number of ether oxygens (including phenoxy) is 1. The summed E-state index contributed by atoms with van der Waals surface area (Å²) in [6.45, 7) is 3.07. The number of piperazine rings is 1. The molecule has 0 spiro atoms. The number of amides is 1. The van der Waals surface area contributed by atoms with E-state index in [0.717, 1.165) is 24.2 Å². The highest BCUT2D eigenvalue weighted by atomic mass is 19.1. The van der Waals surface area contributed by atoms with Crippen molar-refractivity contribution >= 4 is 34.2 Å². The second-order valence-corrected chi connectivity index (χ2v) is 9.91. The van der Waals surface area contributed by atoms with Crippen LogP contribution in [-0.4, -0.2) is 77.8 Å². The van der Waals surface area contributed by atoms with Crippen LogP contribution in [0.5, 0.6) is 5.88 Å². The van der Waals surface area contributed by atoms with Crippen molar-refractivity contribution in [2.45, 2.75) is 12.8 Å². The number of H-pyrrole nitrogens is 1. The Balaban J connectivity index is 1.50. The molecule has 0 bridgehead atoms. The van der Waals surface area contributed by atoms with Gasteiger partial charge in [0.25, 0.3) is 5.91 Å². The van der Waals surface area contributed by atoms with Crippen molar-refractivity contribution < 1.29 is 23.8 Å². The fraction of sp³-hybridized carbons (Fsp3) is 0.258. The topological polar surface area (TPSA) is 98.2 Å². The van der Waals surface area contributed by atoms with Crippen LogP contribution in [0.4, 0.5) is 10.1 Å². The first-order chi connectivity index (χ1) is 19.3. The Kier molecular flexibility index (Phi) is 7.93. The van der Waals surface area contributed by atoms with Gasteiger partial charge < -0.3 is 24.6 Å². The molecule has 9 heteroatoms. The standard InChI is InChI=1S/C31H31FN4O4/c1-35-15-17-36(18-16-35)31(39)22-8-11-24(12-9-22)33-29(21-6-3-20(4-7-21)5-14-27(37)40-2)28-25-13-10-23(32)19-26(25)34-30(28)38/h3-4,6-13,19,34,38H,5,14-18H2,1-2H3. The van der Waals surface area contributed by atoms with Gasteiger partial charge in [0.2, 0.25) is 0 Å². The predicted molar refractivity (Wildman–Crippen MR) is 152 cm³/mol. The Morgan fingerprint density at radius 2 is 1.65 bits per heavy atom. The van der Waals surface area contributed by atoms with Gasteiger partial charge in [0.05, 0.1) is 29.6 Å². The average Bonchev–Trinajstić information content (AvgIpc) is 3.29. The SMILES string of the molecule is COC(=O)CCc1ccc(C(=Nc2ccc(C(=O)N3CCN(C)CC3)cc2)c2c(O)[nH]c3cc(F)ccc23)cc1. The van der Waals surface area contributed by atoms with Crippen molar-refractivity contribution in [2.24, 2.45) is 4.99 Å². The number of aromatic amines is 1. The zero-order valence-electron chi connectivity index (χ0n) is 22.5. The summed E-state index contributed by atoms with van der Waals surface area (Å²) >= 11 is 0. The fourth-order valence-electron chi connectivity index (χ4n) is 4.84. The molecule has 5 rings (SSSR count). The van der Waals surface area contributed by atoms with E-state index in [0.29, 0.717) is 52.9 Å². The molecule has 1 amide bonds. The number of likely N-dealkylation sites (N-methyl/N-ethyl adjacent to an activating group) is 1. The number of benzene rings is 3. The minimum atomic E-state index is -0.422. The number of aliphatic imine (C=N–C) groups is 1. The second-order valence-electron chi connectivity index (χ2n) is 9.91. The quantitative estimate of drug-likeness (QED) is 0.261. The Labute approximate surface area is 231 Å². The Bertz CT molecular complexity index is 1550. The molecule has 1 saturated heterocycles.